The zero-order chi connectivity index (χ0) is 8.10. The number of nitrogens with zero attached hydrogens (tertiary/aromatic N) is 3. The highest BCUT2D eigenvalue weighted by atomic mass is 19.1. The number of hydrogen-bond acceptors (Lipinski definition) is 3. The summed E-state index contributed by atoms with van der Waals surface area (Å²) in [5, 5.41) is 3.82. The van der Waals surface area contributed by atoms with Crippen molar-refractivity contribution >= 4 is 0 Å². The highest BCUT2D eigenvalue weighted by Crippen LogP contribution is 1.96. The molecular weight excluding hydrogens is 147 g/mol. The van der Waals surface area contributed by atoms with Crippen LogP contribution in [-0.4, -0.2) is 27.5 Å². The van der Waals surface area contributed by atoms with Crippen molar-refractivity contribution in [2.75, 3.05) is 6.54 Å². The average Bonchev–Trinajstić information content (AvgIpc) is 2.52. The molecule has 0 amide bonds. The van der Waals surface area contributed by atoms with E-state index in [4.69, 9.17) is 5.73 Å². The predicted octanol–water partition coefficient (Wildman–Crippen LogP) is -0.0350. The molecule has 11 heavy (non-hydrogen) atoms. The molecule has 0 saturated carbocycles. The first-order valence-corrected chi connectivity index (χ1v) is 3.49. The Morgan fingerprint density at radius 1 is 1.64 bits per heavy atom. The van der Waals surface area contributed by atoms with Crippen molar-refractivity contribution in [2.24, 2.45) is 5.73 Å². The number of nitrogens with two attached hydrogens (primary N) is 1. The van der Waals surface area contributed by atoms with E-state index < -0.39 is 6.17 Å². The minimum Gasteiger partial charge on any atom is -0.328 e. The molecular formula is C6H11FN4. The number of aryl methyl sites for hydroxylation is 1. The Morgan fingerprint density at radius 2 is 2.45 bits per heavy atom. The van der Waals surface area contributed by atoms with E-state index in [1.165, 1.54) is 6.33 Å². The Hall–Kier alpha value is -0.970. The van der Waals surface area contributed by atoms with Crippen LogP contribution in [0.3, 0.4) is 0 Å². The van der Waals surface area contributed by atoms with E-state index in [2.05, 4.69) is 10.1 Å². The molecule has 0 spiro atoms. The van der Waals surface area contributed by atoms with Crippen molar-refractivity contribution in [3.63, 3.8) is 0 Å². The highest BCUT2D eigenvalue weighted by Gasteiger charge is 2.02. The maximum atomic E-state index is 12.5. The second-order valence-corrected chi connectivity index (χ2v) is 2.28. The van der Waals surface area contributed by atoms with Crippen LogP contribution in [0.1, 0.15) is 6.42 Å². The van der Waals surface area contributed by atoms with Crippen molar-refractivity contribution in [3.05, 3.63) is 12.7 Å². The molecule has 0 saturated heterocycles. The molecule has 1 rings (SSSR count). The van der Waals surface area contributed by atoms with Gasteiger partial charge in [0.15, 0.2) is 0 Å². The first kappa shape index (κ1) is 8.13. The fourth-order valence-electron chi connectivity index (χ4n) is 0.738. The van der Waals surface area contributed by atoms with Crippen LogP contribution in [0.5, 0.6) is 0 Å². The predicted molar refractivity (Wildman–Crippen MR) is 38.6 cm³/mol. The first-order valence-electron chi connectivity index (χ1n) is 3.49. The van der Waals surface area contributed by atoms with E-state index >= 15 is 0 Å². The van der Waals surface area contributed by atoms with Crippen molar-refractivity contribution < 1.29 is 4.39 Å². The fourth-order valence-corrected chi connectivity index (χ4v) is 0.738. The van der Waals surface area contributed by atoms with Crippen LogP contribution >= 0.6 is 0 Å². The van der Waals surface area contributed by atoms with Gasteiger partial charge in [-0.25, -0.2) is 9.37 Å². The number of hydrogen-bond donors (Lipinski definition) is 1. The Bertz CT molecular complexity index is 186. The smallest absolute Gasteiger partial charge is 0.137 e. The summed E-state index contributed by atoms with van der Waals surface area (Å²) in [6.07, 6.45) is 2.46. The Kier molecular flexibility index (Phi) is 2.97. The molecule has 0 radical (unpaired) electrons. The Balaban J connectivity index is 2.23. The highest BCUT2D eigenvalue weighted by molar-refractivity contribution is 4.60. The quantitative estimate of drug-likeness (QED) is 0.669. The molecule has 5 heteroatoms. The topological polar surface area (TPSA) is 56.7 Å². The molecule has 0 fully saturated rings. The van der Waals surface area contributed by atoms with Gasteiger partial charge < -0.3 is 5.73 Å². The van der Waals surface area contributed by atoms with Crippen LogP contribution in [0.15, 0.2) is 12.7 Å². The van der Waals surface area contributed by atoms with Crippen LogP contribution < -0.4 is 5.73 Å². The maximum Gasteiger partial charge on any atom is 0.137 e. The summed E-state index contributed by atoms with van der Waals surface area (Å²) in [6.45, 7) is 0.618. The largest absolute Gasteiger partial charge is 0.328 e. The van der Waals surface area contributed by atoms with Gasteiger partial charge in [-0.2, -0.15) is 5.10 Å². The number of rotatable bonds is 4. The van der Waals surface area contributed by atoms with Gasteiger partial charge >= 0.3 is 0 Å². The van der Waals surface area contributed by atoms with E-state index in [0.29, 0.717) is 13.0 Å². The summed E-state index contributed by atoms with van der Waals surface area (Å²) >= 11 is 0. The van der Waals surface area contributed by atoms with Gasteiger partial charge in [-0.1, -0.05) is 0 Å². The van der Waals surface area contributed by atoms with Crippen molar-refractivity contribution in [2.45, 2.75) is 19.1 Å². The lowest BCUT2D eigenvalue weighted by atomic mass is 10.3. The van der Waals surface area contributed by atoms with Gasteiger partial charge in [0, 0.05) is 13.1 Å². The van der Waals surface area contributed by atoms with Gasteiger partial charge in [-0.3, -0.25) is 4.68 Å². The molecule has 0 aliphatic heterocycles. The number of halogens is 1. The first-order chi connectivity index (χ1) is 5.33. The molecule has 1 heterocycles. The lowest BCUT2D eigenvalue weighted by Crippen LogP contribution is -2.17. The minimum absolute atomic E-state index is 0.0781. The summed E-state index contributed by atoms with van der Waals surface area (Å²) < 4.78 is 14.1. The van der Waals surface area contributed by atoms with Gasteiger partial charge in [-0.15, -0.1) is 0 Å². The zero-order valence-electron chi connectivity index (χ0n) is 6.15. The average molecular weight is 158 g/mol. The molecule has 4 nitrogen and oxygen atoms in total. The van der Waals surface area contributed by atoms with Gasteiger partial charge in [0.2, 0.25) is 0 Å². The maximum absolute atomic E-state index is 12.5. The SMILES string of the molecule is NCC(F)CCn1cncn1. The Morgan fingerprint density at radius 3 is 3.00 bits per heavy atom. The molecule has 1 atom stereocenters. The van der Waals surface area contributed by atoms with Gasteiger partial charge in [0.25, 0.3) is 0 Å². The lowest BCUT2D eigenvalue weighted by Gasteiger charge is -2.03. The number of alkyl halides is 1. The van der Waals surface area contributed by atoms with Crippen LogP contribution in [0.4, 0.5) is 4.39 Å². The second kappa shape index (κ2) is 4.02. The van der Waals surface area contributed by atoms with E-state index in [-0.39, 0.29) is 6.54 Å². The molecule has 62 valence electrons. The molecule has 1 unspecified atom stereocenters. The van der Waals surface area contributed by atoms with Gasteiger partial charge in [-0.05, 0) is 6.42 Å². The summed E-state index contributed by atoms with van der Waals surface area (Å²) in [5.41, 5.74) is 5.09. The standard InChI is InChI=1S/C6H11FN4/c7-6(3-8)1-2-11-5-9-4-10-11/h4-6H,1-3,8H2. The zero-order valence-corrected chi connectivity index (χ0v) is 6.15. The minimum atomic E-state index is -0.931. The molecule has 0 bridgehead atoms. The van der Waals surface area contributed by atoms with E-state index in [1.54, 1.807) is 11.0 Å². The van der Waals surface area contributed by atoms with E-state index in [0.717, 1.165) is 0 Å². The van der Waals surface area contributed by atoms with E-state index in [1.807, 2.05) is 0 Å². The molecule has 1 aromatic rings. The van der Waals surface area contributed by atoms with Crippen molar-refractivity contribution in [3.8, 4) is 0 Å². The van der Waals surface area contributed by atoms with E-state index in [9.17, 15) is 4.39 Å². The third-order valence-electron chi connectivity index (χ3n) is 1.39. The fraction of sp³-hybridized carbons (Fsp3) is 0.667. The van der Waals surface area contributed by atoms with Crippen LogP contribution in [0, 0.1) is 0 Å². The monoisotopic (exact) mass is 158 g/mol. The van der Waals surface area contributed by atoms with Crippen LogP contribution in [0.25, 0.3) is 0 Å². The summed E-state index contributed by atoms with van der Waals surface area (Å²) in [6, 6.07) is 0. The molecule has 0 aliphatic rings. The summed E-state index contributed by atoms with van der Waals surface area (Å²) in [4.78, 5) is 3.72. The van der Waals surface area contributed by atoms with Crippen molar-refractivity contribution in [1.29, 1.82) is 0 Å². The van der Waals surface area contributed by atoms with Gasteiger partial charge in [0.05, 0.1) is 0 Å². The summed E-state index contributed by atoms with van der Waals surface area (Å²) in [5.74, 6) is 0. The van der Waals surface area contributed by atoms with Crippen LogP contribution in [-0.2, 0) is 6.54 Å². The third-order valence-corrected chi connectivity index (χ3v) is 1.39. The lowest BCUT2D eigenvalue weighted by molar-refractivity contribution is 0.303. The van der Waals surface area contributed by atoms with Crippen LogP contribution in [0.2, 0.25) is 0 Å². The third kappa shape index (κ3) is 2.63. The van der Waals surface area contributed by atoms with Gasteiger partial charge in [0.1, 0.15) is 18.8 Å². The number of aromatic nitrogens is 3. The molecule has 2 N–H and O–H groups in total. The Labute approximate surface area is 64.2 Å². The molecule has 0 aromatic carbocycles. The summed E-state index contributed by atoms with van der Waals surface area (Å²) in [7, 11) is 0. The second-order valence-electron chi connectivity index (χ2n) is 2.28. The van der Waals surface area contributed by atoms with Crippen molar-refractivity contribution in [1.82, 2.24) is 14.8 Å². The molecule has 0 aliphatic carbocycles. The normalized spacial score (nSPS) is 13.3. The molecule has 1 aromatic heterocycles.